The monoisotopic (exact) mass is 304 g/mol. The quantitative estimate of drug-likeness (QED) is 0.378. The van der Waals surface area contributed by atoms with Gasteiger partial charge in [0.1, 0.15) is 0 Å². The minimum atomic E-state index is -0.242. The lowest BCUT2D eigenvalue weighted by Crippen LogP contribution is -2.03. The highest BCUT2D eigenvalue weighted by molar-refractivity contribution is 5.89. The molecule has 0 unspecified atom stereocenters. The molecule has 0 saturated carbocycles. The minimum absolute atomic E-state index is 0.242. The van der Waals surface area contributed by atoms with E-state index in [1.807, 2.05) is 18.2 Å². The number of benzene rings is 1. The predicted molar refractivity (Wildman–Crippen MR) is 93.4 cm³/mol. The van der Waals surface area contributed by atoms with Crippen LogP contribution in [0.4, 0.5) is 0 Å². The van der Waals surface area contributed by atoms with Crippen LogP contribution < -0.4 is 0 Å². The van der Waals surface area contributed by atoms with Gasteiger partial charge < -0.3 is 4.74 Å². The first-order chi connectivity index (χ1) is 10.7. The van der Waals surface area contributed by atoms with Crippen LogP contribution in [-0.4, -0.2) is 13.1 Å². The molecule has 0 fully saturated rings. The summed E-state index contributed by atoms with van der Waals surface area (Å²) in [5.74, 6) is -0.242. The number of ether oxygens (including phenoxy) is 1. The van der Waals surface area contributed by atoms with Gasteiger partial charge in [-0.2, -0.15) is 0 Å². The first kappa shape index (κ1) is 18.7. The lowest BCUT2D eigenvalue weighted by molar-refractivity contribution is 0.0600. The van der Waals surface area contributed by atoms with Crippen LogP contribution >= 0.6 is 0 Å². The highest BCUT2D eigenvalue weighted by Gasteiger charge is 2.07. The Morgan fingerprint density at radius 2 is 1.55 bits per heavy atom. The third-order valence-electron chi connectivity index (χ3n) is 4.32. The lowest BCUT2D eigenvalue weighted by Gasteiger charge is -2.08. The van der Waals surface area contributed by atoms with Crippen molar-refractivity contribution in [1.82, 2.24) is 0 Å². The topological polar surface area (TPSA) is 26.3 Å². The van der Waals surface area contributed by atoms with Crippen LogP contribution in [0, 0.1) is 6.92 Å². The van der Waals surface area contributed by atoms with Gasteiger partial charge in [0.2, 0.25) is 0 Å². The summed E-state index contributed by atoms with van der Waals surface area (Å²) in [6.07, 6.45) is 13.1. The molecular formula is C20H32O2. The number of esters is 1. The van der Waals surface area contributed by atoms with E-state index in [0.717, 1.165) is 6.42 Å². The van der Waals surface area contributed by atoms with Crippen molar-refractivity contribution in [1.29, 1.82) is 0 Å². The summed E-state index contributed by atoms with van der Waals surface area (Å²) >= 11 is 0. The number of carbonyl (C=O) groups is 1. The van der Waals surface area contributed by atoms with Gasteiger partial charge >= 0.3 is 5.97 Å². The second kappa shape index (κ2) is 11.3. The second-order valence-corrected chi connectivity index (χ2v) is 6.21. The van der Waals surface area contributed by atoms with Crippen molar-refractivity contribution < 1.29 is 9.53 Å². The Hall–Kier alpha value is -1.31. The smallest absolute Gasteiger partial charge is 0.337 e. The van der Waals surface area contributed by atoms with E-state index in [0.29, 0.717) is 5.56 Å². The Bertz CT molecular complexity index is 437. The van der Waals surface area contributed by atoms with Gasteiger partial charge in [0.25, 0.3) is 0 Å². The van der Waals surface area contributed by atoms with E-state index < -0.39 is 0 Å². The summed E-state index contributed by atoms with van der Waals surface area (Å²) < 4.78 is 4.79. The Balaban J connectivity index is 2.23. The number of carbonyl (C=O) groups excluding carboxylic acids is 1. The predicted octanol–water partition coefficient (Wildman–Crippen LogP) is 5.85. The summed E-state index contributed by atoms with van der Waals surface area (Å²) in [4.78, 5) is 11.6. The molecule has 1 aromatic carbocycles. The van der Waals surface area contributed by atoms with E-state index in [4.69, 9.17) is 4.74 Å². The number of aryl methyl sites for hydroxylation is 2. The van der Waals surface area contributed by atoms with Crippen LogP contribution in [-0.2, 0) is 11.2 Å². The van der Waals surface area contributed by atoms with Gasteiger partial charge in [-0.1, -0.05) is 64.4 Å². The molecule has 0 heterocycles. The summed E-state index contributed by atoms with van der Waals surface area (Å²) in [7, 11) is 1.43. The number of hydrogen-bond donors (Lipinski definition) is 0. The molecule has 0 aliphatic heterocycles. The van der Waals surface area contributed by atoms with Crippen LogP contribution in [0.3, 0.4) is 0 Å². The van der Waals surface area contributed by atoms with Crippen molar-refractivity contribution in [3.63, 3.8) is 0 Å². The van der Waals surface area contributed by atoms with E-state index in [1.165, 1.54) is 76.0 Å². The van der Waals surface area contributed by atoms with Crippen LogP contribution in [0.25, 0.3) is 0 Å². The highest BCUT2D eigenvalue weighted by Crippen LogP contribution is 2.16. The molecule has 0 aromatic heterocycles. The zero-order valence-electron chi connectivity index (χ0n) is 14.6. The number of rotatable bonds is 11. The van der Waals surface area contributed by atoms with Gasteiger partial charge in [0.05, 0.1) is 12.7 Å². The molecule has 22 heavy (non-hydrogen) atoms. The van der Waals surface area contributed by atoms with E-state index in [1.54, 1.807) is 0 Å². The van der Waals surface area contributed by atoms with Crippen molar-refractivity contribution in [2.75, 3.05) is 7.11 Å². The fraction of sp³-hybridized carbons (Fsp3) is 0.650. The van der Waals surface area contributed by atoms with Gasteiger partial charge in [-0.25, -0.2) is 4.79 Å². The second-order valence-electron chi connectivity index (χ2n) is 6.21. The van der Waals surface area contributed by atoms with Crippen LogP contribution in [0.1, 0.15) is 86.2 Å². The van der Waals surface area contributed by atoms with Gasteiger partial charge in [-0.05, 0) is 43.0 Å². The van der Waals surface area contributed by atoms with Crippen molar-refractivity contribution in [2.24, 2.45) is 0 Å². The molecule has 1 aromatic rings. The van der Waals surface area contributed by atoms with Crippen LogP contribution in [0.5, 0.6) is 0 Å². The maximum atomic E-state index is 11.6. The molecule has 0 bridgehead atoms. The number of methoxy groups -OCH3 is 1. The van der Waals surface area contributed by atoms with E-state index in [2.05, 4.69) is 13.8 Å². The molecule has 1 rings (SSSR count). The largest absolute Gasteiger partial charge is 0.465 e. The van der Waals surface area contributed by atoms with E-state index in [9.17, 15) is 4.79 Å². The number of hydrogen-bond acceptors (Lipinski definition) is 2. The molecule has 2 nitrogen and oxygen atoms in total. The fourth-order valence-electron chi connectivity index (χ4n) is 2.81. The minimum Gasteiger partial charge on any atom is -0.465 e. The van der Waals surface area contributed by atoms with E-state index >= 15 is 0 Å². The Morgan fingerprint density at radius 3 is 2.14 bits per heavy atom. The van der Waals surface area contributed by atoms with Gasteiger partial charge in [0.15, 0.2) is 0 Å². The Morgan fingerprint density at radius 1 is 0.955 bits per heavy atom. The average molecular weight is 304 g/mol. The van der Waals surface area contributed by atoms with Gasteiger partial charge in [-0.3, -0.25) is 0 Å². The molecule has 0 radical (unpaired) electrons. The molecule has 0 N–H and O–H groups in total. The van der Waals surface area contributed by atoms with Crippen molar-refractivity contribution in [3.8, 4) is 0 Å². The Labute approximate surface area is 136 Å². The molecule has 0 amide bonds. The fourth-order valence-corrected chi connectivity index (χ4v) is 2.81. The first-order valence-electron chi connectivity index (χ1n) is 8.87. The van der Waals surface area contributed by atoms with Crippen LogP contribution in [0.2, 0.25) is 0 Å². The third-order valence-corrected chi connectivity index (χ3v) is 4.32. The molecule has 0 aliphatic carbocycles. The molecule has 0 spiro atoms. The molecule has 0 aliphatic rings. The standard InChI is InChI=1S/C20H32O2/c1-4-5-6-7-8-9-10-11-12-13-18-16-19(20(21)22-3)15-14-17(18)2/h14-16H,4-13H2,1-3H3. The van der Waals surface area contributed by atoms with E-state index in [-0.39, 0.29) is 5.97 Å². The highest BCUT2D eigenvalue weighted by atomic mass is 16.5. The molecule has 0 saturated heterocycles. The average Bonchev–Trinajstić information content (AvgIpc) is 2.54. The summed E-state index contributed by atoms with van der Waals surface area (Å²) in [5.41, 5.74) is 3.22. The molecular weight excluding hydrogens is 272 g/mol. The van der Waals surface area contributed by atoms with Crippen molar-refractivity contribution in [3.05, 3.63) is 34.9 Å². The summed E-state index contributed by atoms with van der Waals surface area (Å²) in [6, 6.07) is 5.86. The molecule has 124 valence electrons. The first-order valence-corrected chi connectivity index (χ1v) is 8.87. The summed E-state index contributed by atoms with van der Waals surface area (Å²) in [5, 5.41) is 0. The maximum absolute atomic E-state index is 11.6. The SMILES string of the molecule is CCCCCCCCCCCc1cc(C(=O)OC)ccc1C. The zero-order valence-corrected chi connectivity index (χ0v) is 14.6. The third kappa shape index (κ3) is 7.11. The van der Waals surface area contributed by atoms with Crippen molar-refractivity contribution in [2.45, 2.75) is 78.1 Å². The summed E-state index contributed by atoms with van der Waals surface area (Å²) in [6.45, 7) is 4.38. The van der Waals surface area contributed by atoms with Crippen LogP contribution in [0.15, 0.2) is 18.2 Å². The lowest BCUT2D eigenvalue weighted by atomic mass is 9.99. The zero-order chi connectivity index (χ0) is 16.2. The normalized spacial score (nSPS) is 10.7. The maximum Gasteiger partial charge on any atom is 0.337 e. The molecule has 0 atom stereocenters. The number of unbranched alkanes of at least 4 members (excludes halogenated alkanes) is 8. The van der Waals surface area contributed by atoms with Crippen molar-refractivity contribution >= 4 is 5.97 Å². The molecule has 2 heteroatoms. The Kier molecular flexibility index (Phi) is 9.61. The van der Waals surface area contributed by atoms with Gasteiger partial charge in [-0.15, -0.1) is 0 Å². The van der Waals surface area contributed by atoms with Gasteiger partial charge in [0, 0.05) is 0 Å².